The molecule has 0 fully saturated rings. The van der Waals surface area contributed by atoms with Crippen molar-refractivity contribution >= 4 is 85.1 Å². The molecule has 2 heterocycles. The second kappa shape index (κ2) is 16.5. The van der Waals surface area contributed by atoms with E-state index in [2.05, 4.69) is 0 Å². The summed E-state index contributed by atoms with van der Waals surface area (Å²) in [6, 6.07) is 9.23. The molecule has 0 radical (unpaired) electrons. The van der Waals surface area contributed by atoms with Gasteiger partial charge in [0, 0.05) is 66.6 Å². The Morgan fingerprint density at radius 2 is 1.31 bits per heavy atom. The summed E-state index contributed by atoms with van der Waals surface area (Å²) in [5.74, 6) is -0.954. The van der Waals surface area contributed by atoms with Crippen molar-refractivity contribution in [2.45, 2.75) is 90.2 Å². The number of benzene rings is 4. The minimum Gasteiger partial charge on any atom is -0.744 e. The molecule has 17 nitrogen and oxygen atoms in total. The second-order valence-electron chi connectivity index (χ2n) is 15.9. The molecular formula is C41H43N2O15S4-3. The molecule has 0 bridgehead atoms. The van der Waals surface area contributed by atoms with Crippen LogP contribution in [0.1, 0.15) is 70.9 Å². The summed E-state index contributed by atoms with van der Waals surface area (Å²) in [4.78, 5) is 9.65. The zero-order chi connectivity index (χ0) is 46.0. The molecule has 1 unspecified atom stereocenters. The van der Waals surface area contributed by atoms with Crippen molar-refractivity contribution < 1.29 is 71.1 Å². The molecule has 4 aromatic rings. The monoisotopic (exact) mass is 931 g/mol. The first kappa shape index (κ1) is 46.9. The molecule has 0 amide bonds. The summed E-state index contributed by atoms with van der Waals surface area (Å²) < 4.78 is 156. The van der Waals surface area contributed by atoms with Gasteiger partial charge >= 0.3 is 5.97 Å². The maximum Gasteiger partial charge on any atom is 0.303 e. The third kappa shape index (κ3) is 8.57. The Labute approximate surface area is 360 Å². The minimum atomic E-state index is -5.30. The van der Waals surface area contributed by atoms with Crippen molar-refractivity contribution in [3.8, 4) is 0 Å². The van der Waals surface area contributed by atoms with Gasteiger partial charge in [0.05, 0.1) is 25.0 Å². The van der Waals surface area contributed by atoms with Gasteiger partial charge in [0.25, 0.3) is 0 Å². The third-order valence-corrected chi connectivity index (χ3v) is 15.0. The fourth-order valence-corrected chi connectivity index (χ4v) is 11.6. The number of ether oxygens (including phenoxy) is 1. The van der Waals surface area contributed by atoms with Crippen molar-refractivity contribution in [3.05, 3.63) is 83.6 Å². The van der Waals surface area contributed by atoms with Crippen LogP contribution < -0.4 is 4.90 Å². The quantitative estimate of drug-likeness (QED) is 0.0888. The van der Waals surface area contributed by atoms with E-state index in [-0.39, 0.29) is 41.0 Å². The first-order valence-electron chi connectivity index (χ1n) is 19.3. The maximum atomic E-state index is 12.6. The van der Waals surface area contributed by atoms with E-state index < -0.39 is 76.9 Å². The largest absolute Gasteiger partial charge is 0.744 e. The number of carboxylic acids is 1. The summed E-state index contributed by atoms with van der Waals surface area (Å²) in [5.41, 5.74) is 1.11. The van der Waals surface area contributed by atoms with E-state index in [4.69, 9.17) is 4.74 Å². The smallest absolute Gasteiger partial charge is 0.303 e. The van der Waals surface area contributed by atoms with Crippen molar-refractivity contribution in [3.63, 3.8) is 0 Å². The minimum absolute atomic E-state index is 0.0421. The highest BCUT2D eigenvalue weighted by molar-refractivity contribution is 7.87. The van der Waals surface area contributed by atoms with E-state index in [1.54, 1.807) is 30.4 Å². The number of methoxy groups -OCH3 is 1. The van der Waals surface area contributed by atoms with Crippen molar-refractivity contribution in [1.29, 1.82) is 0 Å². The number of nitrogens with zero attached hydrogens (tertiary/aromatic N) is 2. The van der Waals surface area contributed by atoms with Gasteiger partial charge < -0.3 is 33.0 Å². The molecule has 62 heavy (non-hydrogen) atoms. The molecule has 6 rings (SSSR count). The standard InChI is InChI=1S/C41H46N2O15S4/c1-6-42-31-16-14-27-29(21-25(59(46,47)48)23-33(27)61(52,53)54)38(31)40(2,3)35(42)11-10-12-36-41(4,18-20-58-5)39-30-22-26(60(49,50)51)24-34(62(55,56)57)28(30)15-17-32(39)43(36)19-9-7-8-13-37(44)45/h10-12,14-17,21-24H,6-9,13,18-20H2,1-5H3,(H4-,44,45,46,47,48,49,50,51,52,53,54,55,56,57)/p-3. The lowest BCUT2D eigenvalue weighted by atomic mass is 9.76. The highest BCUT2D eigenvalue weighted by Gasteiger charge is 2.47. The molecule has 0 aromatic heterocycles. The van der Waals surface area contributed by atoms with Gasteiger partial charge in [0.15, 0.2) is 5.71 Å². The van der Waals surface area contributed by atoms with Gasteiger partial charge in [-0.1, -0.05) is 18.6 Å². The molecule has 0 saturated carbocycles. The molecule has 4 aromatic carbocycles. The lowest BCUT2D eigenvalue weighted by Gasteiger charge is -2.31. The van der Waals surface area contributed by atoms with Crippen LogP contribution in [0.15, 0.2) is 92.0 Å². The number of carboxylic acid groups (broad SMARTS) is 1. The molecular weight excluding hydrogens is 889 g/mol. The molecule has 2 aliphatic rings. The first-order valence-corrected chi connectivity index (χ1v) is 24.9. The zero-order valence-corrected chi connectivity index (χ0v) is 37.5. The average molecular weight is 932 g/mol. The normalized spacial score (nSPS) is 18.7. The van der Waals surface area contributed by atoms with Gasteiger partial charge in [0.1, 0.15) is 47.0 Å². The zero-order valence-electron chi connectivity index (χ0n) is 34.2. The topological polar surface area (TPSA) is 282 Å². The van der Waals surface area contributed by atoms with Crippen molar-refractivity contribution in [2.75, 3.05) is 31.7 Å². The van der Waals surface area contributed by atoms with Gasteiger partial charge in [-0.25, -0.2) is 33.7 Å². The Morgan fingerprint density at radius 1 is 0.758 bits per heavy atom. The maximum absolute atomic E-state index is 12.6. The van der Waals surface area contributed by atoms with E-state index in [1.165, 1.54) is 19.2 Å². The van der Waals surface area contributed by atoms with Crippen LogP contribution in [0.5, 0.6) is 0 Å². The Morgan fingerprint density at radius 3 is 1.81 bits per heavy atom. The Hall–Kier alpha value is -4.58. The van der Waals surface area contributed by atoms with Gasteiger partial charge in [-0.15, -0.1) is 0 Å². The summed E-state index contributed by atoms with van der Waals surface area (Å²) >= 11 is 0. The number of aliphatic carboxylic acids is 1. The SMILES string of the molecule is CC[N+]1=C(/C=C/C=C2/N(CCCCCC(=O)O)c3ccc4c(S(=O)(=O)[O-])cc(S(=O)(=O)[O-])cc4c3C2(C)CCOC)C(C)(C)c2c1ccc1c(S(=O)(=O)[O-])cc(S(=O)(=O)[O-])cc21. The van der Waals surface area contributed by atoms with Gasteiger partial charge in [-0.2, -0.15) is 4.58 Å². The summed E-state index contributed by atoms with van der Waals surface area (Å²) in [6.45, 7) is 8.12. The van der Waals surface area contributed by atoms with Gasteiger partial charge in [-0.05, 0) is 111 Å². The Kier molecular flexibility index (Phi) is 12.5. The van der Waals surface area contributed by atoms with Crippen LogP contribution in [-0.4, -0.2) is 100 Å². The molecule has 334 valence electrons. The van der Waals surface area contributed by atoms with E-state index in [9.17, 15) is 61.8 Å². The van der Waals surface area contributed by atoms with Crippen molar-refractivity contribution in [2.24, 2.45) is 0 Å². The van der Waals surface area contributed by atoms with Crippen LogP contribution in [0.3, 0.4) is 0 Å². The van der Waals surface area contributed by atoms with E-state index >= 15 is 0 Å². The van der Waals surface area contributed by atoms with Gasteiger partial charge in [0.2, 0.25) is 5.69 Å². The predicted molar refractivity (Wildman–Crippen MR) is 223 cm³/mol. The van der Waals surface area contributed by atoms with Crippen LogP contribution in [0, 0.1) is 0 Å². The van der Waals surface area contributed by atoms with Crippen LogP contribution in [-0.2, 0) is 60.8 Å². The van der Waals surface area contributed by atoms with E-state index in [1.807, 2.05) is 37.2 Å². The molecule has 21 heteroatoms. The average Bonchev–Trinajstić information content (AvgIpc) is 3.53. The molecule has 1 atom stereocenters. The lowest BCUT2D eigenvalue weighted by molar-refractivity contribution is -0.433. The Balaban J connectivity index is 1.58. The third-order valence-electron chi connectivity index (χ3n) is 11.7. The number of hydrogen-bond acceptors (Lipinski definition) is 15. The highest BCUT2D eigenvalue weighted by Crippen LogP contribution is 2.54. The molecule has 0 aliphatic carbocycles. The van der Waals surface area contributed by atoms with Crippen LogP contribution in [0.4, 0.5) is 11.4 Å². The number of fused-ring (bicyclic) bond motifs is 6. The summed E-state index contributed by atoms with van der Waals surface area (Å²) in [7, 11) is -19.5. The van der Waals surface area contributed by atoms with E-state index in [0.717, 1.165) is 12.1 Å². The molecule has 2 aliphatic heterocycles. The molecule has 1 N–H and O–H groups in total. The van der Waals surface area contributed by atoms with Crippen LogP contribution >= 0.6 is 0 Å². The number of anilines is 1. The number of rotatable bonds is 16. The van der Waals surface area contributed by atoms with Crippen LogP contribution in [0.25, 0.3) is 21.5 Å². The summed E-state index contributed by atoms with van der Waals surface area (Å²) in [6.07, 6.45) is 6.86. The molecule has 0 saturated heterocycles. The van der Waals surface area contributed by atoms with E-state index in [0.29, 0.717) is 78.4 Å². The number of unbranched alkanes of at least 4 members (excludes halogenated alkanes) is 2. The van der Waals surface area contributed by atoms with Crippen LogP contribution in [0.2, 0.25) is 0 Å². The fourth-order valence-electron chi connectivity index (χ4n) is 8.93. The first-order chi connectivity index (χ1) is 28.7. The number of hydrogen-bond donors (Lipinski definition) is 1. The second-order valence-corrected chi connectivity index (χ2v) is 21.3. The molecule has 0 spiro atoms. The number of carbonyl (C=O) groups is 1. The lowest BCUT2D eigenvalue weighted by Crippen LogP contribution is -2.30. The predicted octanol–water partition coefficient (Wildman–Crippen LogP) is 4.91. The Bertz CT molecular complexity index is 3100. The highest BCUT2D eigenvalue weighted by atomic mass is 32.2. The van der Waals surface area contributed by atoms with Crippen molar-refractivity contribution in [1.82, 2.24) is 0 Å². The summed E-state index contributed by atoms with van der Waals surface area (Å²) in [5, 5.41) is 9.18. The van der Waals surface area contributed by atoms with Gasteiger partial charge in [-0.3, -0.25) is 4.79 Å². The fraction of sp³-hybridized carbons (Fsp3) is 0.366. The number of allylic oxidation sites excluding steroid dienone is 4.